The minimum absolute atomic E-state index is 0.202. The van der Waals surface area contributed by atoms with Gasteiger partial charge in [0, 0.05) is 17.8 Å². The van der Waals surface area contributed by atoms with Crippen molar-refractivity contribution in [3.63, 3.8) is 0 Å². The Morgan fingerprint density at radius 2 is 1.96 bits per heavy atom. The summed E-state index contributed by atoms with van der Waals surface area (Å²) in [5, 5.41) is 3.40. The van der Waals surface area contributed by atoms with Crippen molar-refractivity contribution < 1.29 is 14.2 Å². The molecule has 0 aliphatic carbocycles. The van der Waals surface area contributed by atoms with E-state index in [9.17, 15) is 0 Å². The number of rotatable bonds is 10. The smallest absolute Gasteiger partial charge is 0.166 e. The fourth-order valence-electron chi connectivity index (χ4n) is 2.59. The molecule has 0 saturated carbocycles. The molecule has 0 heterocycles. The van der Waals surface area contributed by atoms with E-state index in [-0.39, 0.29) is 6.61 Å². The van der Waals surface area contributed by atoms with Crippen LogP contribution in [0.2, 0.25) is 0 Å². The molecular formula is C22H25NO3. The van der Waals surface area contributed by atoms with E-state index in [0.29, 0.717) is 31.1 Å². The van der Waals surface area contributed by atoms with Gasteiger partial charge >= 0.3 is 0 Å². The van der Waals surface area contributed by atoms with Gasteiger partial charge in [-0.15, -0.1) is 13.0 Å². The van der Waals surface area contributed by atoms with Crippen LogP contribution < -0.4 is 19.5 Å². The van der Waals surface area contributed by atoms with E-state index in [1.807, 2.05) is 43.3 Å². The Kier molecular flexibility index (Phi) is 7.45. The highest BCUT2D eigenvalue weighted by atomic mass is 16.5. The average Bonchev–Trinajstić information content (AvgIpc) is 2.66. The minimum atomic E-state index is 0.202. The average molecular weight is 351 g/mol. The van der Waals surface area contributed by atoms with Crippen LogP contribution in [-0.2, 0) is 13.0 Å². The van der Waals surface area contributed by atoms with Crippen LogP contribution in [0.1, 0.15) is 18.1 Å². The van der Waals surface area contributed by atoms with Gasteiger partial charge in [-0.05, 0) is 55.3 Å². The van der Waals surface area contributed by atoms with Gasteiger partial charge in [-0.2, -0.15) is 0 Å². The van der Waals surface area contributed by atoms with Gasteiger partial charge in [0.1, 0.15) is 12.4 Å². The van der Waals surface area contributed by atoms with Crippen molar-refractivity contribution in [1.82, 2.24) is 0 Å². The zero-order chi connectivity index (χ0) is 18.8. The zero-order valence-corrected chi connectivity index (χ0v) is 15.4. The third-order valence-corrected chi connectivity index (χ3v) is 3.74. The number of hydrogen-bond donors (Lipinski definition) is 1. The van der Waals surface area contributed by atoms with E-state index in [2.05, 4.69) is 23.9 Å². The molecule has 0 radical (unpaired) electrons. The Morgan fingerprint density at radius 3 is 2.58 bits per heavy atom. The standard InChI is InChI=1S/C22H25NO3/c1-5-8-18-14-17(15-21(25-7-3)22(18)26-13-6-2)16-23-19-9-11-20(24-4)12-10-19/h2,5,9-12,14-15,23H,1,7-8,13,16H2,3-4H3. The molecule has 2 aromatic rings. The highest BCUT2D eigenvalue weighted by Crippen LogP contribution is 2.34. The topological polar surface area (TPSA) is 39.7 Å². The molecule has 4 nitrogen and oxygen atoms in total. The molecule has 1 N–H and O–H groups in total. The van der Waals surface area contributed by atoms with E-state index in [0.717, 1.165) is 22.6 Å². The maximum absolute atomic E-state index is 5.77. The Hall–Kier alpha value is -3.06. The lowest BCUT2D eigenvalue weighted by molar-refractivity contribution is 0.297. The summed E-state index contributed by atoms with van der Waals surface area (Å²) < 4.78 is 16.7. The molecule has 0 bridgehead atoms. The van der Waals surface area contributed by atoms with Crippen LogP contribution in [0.25, 0.3) is 0 Å². The van der Waals surface area contributed by atoms with Gasteiger partial charge in [0.2, 0.25) is 0 Å². The molecule has 4 heteroatoms. The first-order chi connectivity index (χ1) is 12.7. The van der Waals surface area contributed by atoms with Gasteiger partial charge in [0.05, 0.1) is 13.7 Å². The predicted molar refractivity (Wildman–Crippen MR) is 106 cm³/mol. The lowest BCUT2D eigenvalue weighted by Gasteiger charge is -2.17. The van der Waals surface area contributed by atoms with Crippen LogP contribution in [-0.4, -0.2) is 20.3 Å². The highest BCUT2D eigenvalue weighted by Gasteiger charge is 2.13. The Morgan fingerprint density at radius 1 is 1.19 bits per heavy atom. The molecule has 0 saturated heterocycles. The molecule has 0 amide bonds. The van der Waals surface area contributed by atoms with E-state index in [1.165, 1.54) is 0 Å². The summed E-state index contributed by atoms with van der Waals surface area (Å²) >= 11 is 0. The SMILES string of the molecule is C#CCOc1c(CC=C)cc(CNc2ccc(OC)cc2)cc1OCC. The van der Waals surface area contributed by atoms with Crippen LogP contribution in [0, 0.1) is 12.3 Å². The van der Waals surface area contributed by atoms with Gasteiger partial charge < -0.3 is 19.5 Å². The Bertz CT molecular complexity index is 760. The summed E-state index contributed by atoms with van der Waals surface area (Å²) in [6.07, 6.45) is 7.85. The first-order valence-corrected chi connectivity index (χ1v) is 8.55. The molecule has 136 valence electrons. The monoisotopic (exact) mass is 351 g/mol. The molecule has 0 unspecified atom stereocenters. The maximum atomic E-state index is 5.77. The maximum Gasteiger partial charge on any atom is 0.166 e. The zero-order valence-electron chi connectivity index (χ0n) is 15.4. The molecular weight excluding hydrogens is 326 g/mol. The summed E-state index contributed by atoms with van der Waals surface area (Å²) in [6.45, 7) is 7.18. The summed E-state index contributed by atoms with van der Waals surface area (Å²) in [4.78, 5) is 0. The quantitative estimate of drug-likeness (QED) is 0.507. The van der Waals surface area contributed by atoms with Crippen molar-refractivity contribution in [1.29, 1.82) is 0 Å². The molecule has 0 aromatic heterocycles. The van der Waals surface area contributed by atoms with Crippen molar-refractivity contribution in [2.45, 2.75) is 19.9 Å². The summed E-state index contributed by atoms with van der Waals surface area (Å²) in [7, 11) is 1.66. The third-order valence-electron chi connectivity index (χ3n) is 3.74. The minimum Gasteiger partial charge on any atom is -0.497 e. The number of ether oxygens (including phenoxy) is 3. The van der Waals surface area contributed by atoms with E-state index < -0.39 is 0 Å². The van der Waals surface area contributed by atoms with Gasteiger partial charge in [0.15, 0.2) is 11.5 Å². The molecule has 0 aliphatic heterocycles. The molecule has 0 fully saturated rings. The van der Waals surface area contributed by atoms with E-state index in [4.69, 9.17) is 20.6 Å². The van der Waals surface area contributed by atoms with Gasteiger partial charge in [-0.1, -0.05) is 12.0 Å². The molecule has 0 atom stereocenters. The van der Waals surface area contributed by atoms with E-state index in [1.54, 1.807) is 7.11 Å². The molecule has 2 rings (SSSR count). The van der Waals surface area contributed by atoms with Crippen LogP contribution in [0.4, 0.5) is 5.69 Å². The highest BCUT2D eigenvalue weighted by molar-refractivity contribution is 5.52. The van der Waals surface area contributed by atoms with Crippen LogP contribution in [0.5, 0.6) is 17.2 Å². The molecule has 0 aliphatic rings. The fraction of sp³-hybridized carbons (Fsp3) is 0.273. The van der Waals surface area contributed by atoms with Crippen molar-refractivity contribution in [2.24, 2.45) is 0 Å². The number of benzene rings is 2. The van der Waals surface area contributed by atoms with Crippen LogP contribution >= 0.6 is 0 Å². The van der Waals surface area contributed by atoms with E-state index >= 15 is 0 Å². The largest absolute Gasteiger partial charge is 0.497 e. The Labute approximate surface area is 155 Å². The van der Waals surface area contributed by atoms with Crippen molar-refractivity contribution in [3.8, 4) is 29.6 Å². The number of allylic oxidation sites excluding steroid dienone is 1. The number of anilines is 1. The number of methoxy groups -OCH3 is 1. The number of terminal acetylenes is 1. The van der Waals surface area contributed by atoms with Crippen LogP contribution in [0.15, 0.2) is 49.1 Å². The molecule has 2 aromatic carbocycles. The first kappa shape index (κ1) is 19.3. The van der Waals surface area contributed by atoms with Crippen molar-refractivity contribution in [3.05, 3.63) is 60.2 Å². The van der Waals surface area contributed by atoms with Gasteiger partial charge in [-0.3, -0.25) is 0 Å². The number of hydrogen-bond acceptors (Lipinski definition) is 4. The van der Waals surface area contributed by atoms with Crippen molar-refractivity contribution in [2.75, 3.05) is 25.6 Å². The summed E-state index contributed by atoms with van der Waals surface area (Å²) in [6, 6.07) is 11.9. The fourth-order valence-corrected chi connectivity index (χ4v) is 2.59. The van der Waals surface area contributed by atoms with Gasteiger partial charge in [-0.25, -0.2) is 0 Å². The summed E-state index contributed by atoms with van der Waals surface area (Å²) in [5.41, 5.74) is 3.11. The van der Waals surface area contributed by atoms with Crippen LogP contribution in [0.3, 0.4) is 0 Å². The number of nitrogens with one attached hydrogen (secondary N) is 1. The summed E-state index contributed by atoms with van der Waals surface area (Å²) in [5.74, 6) is 4.73. The molecule has 26 heavy (non-hydrogen) atoms. The normalized spacial score (nSPS) is 9.88. The lowest BCUT2D eigenvalue weighted by Crippen LogP contribution is -2.06. The van der Waals surface area contributed by atoms with Gasteiger partial charge in [0.25, 0.3) is 0 Å². The Balaban J connectivity index is 2.23. The lowest BCUT2D eigenvalue weighted by atomic mass is 10.1. The second kappa shape index (κ2) is 10.0. The predicted octanol–water partition coefficient (Wildman–Crippen LogP) is 4.45. The third kappa shape index (κ3) is 5.22. The molecule has 0 spiro atoms. The second-order valence-corrected chi connectivity index (χ2v) is 5.58. The van der Waals surface area contributed by atoms with Crippen molar-refractivity contribution >= 4 is 5.69 Å². The first-order valence-electron chi connectivity index (χ1n) is 8.55. The second-order valence-electron chi connectivity index (χ2n) is 5.58.